The molecule has 90 valence electrons. The smallest absolute Gasteiger partial charge is 0.303 e. The molecule has 1 atom stereocenters. The Morgan fingerprint density at radius 2 is 2.29 bits per heavy atom. The fourth-order valence-electron chi connectivity index (χ4n) is 2.02. The number of aromatic amines is 1. The van der Waals surface area contributed by atoms with E-state index in [9.17, 15) is 4.79 Å². The second-order valence-electron chi connectivity index (χ2n) is 4.27. The maximum atomic E-state index is 10.6. The molecule has 0 aliphatic heterocycles. The topological polar surface area (TPSA) is 53.1 Å². The maximum absolute atomic E-state index is 10.6. The molecular formula is C13H14ClNO2. The van der Waals surface area contributed by atoms with Gasteiger partial charge in [0.05, 0.1) is 0 Å². The van der Waals surface area contributed by atoms with Gasteiger partial charge in [-0.1, -0.05) is 18.5 Å². The summed E-state index contributed by atoms with van der Waals surface area (Å²) in [6.45, 7) is 2.03. The third kappa shape index (κ3) is 2.61. The van der Waals surface area contributed by atoms with Crippen LogP contribution in [0.5, 0.6) is 0 Å². The molecule has 0 radical (unpaired) electrons. The highest BCUT2D eigenvalue weighted by Gasteiger charge is 2.12. The molecule has 0 amide bonds. The van der Waals surface area contributed by atoms with E-state index in [1.807, 2.05) is 31.3 Å². The van der Waals surface area contributed by atoms with Crippen molar-refractivity contribution in [1.29, 1.82) is 0 Å². The van der Waals surface area contributed by atoms with Crippen molar-refractivity contribution in [2.24, 2.45) is 0 Å². The van der Waals surface area contributed by atoms with E-state index in [1.165, 1.54) is 0 Å². The number of H-pyrrole nitrogens is 1. The van der Waals surface area contributed by atoms with E-state index in [0.29, 0.717) is 11.4 Å². The zero-order valence-corrected chi connectivity index (χ0v) is 10.3. The normalized spacial score (nSPS) is 12.8. The second-order valence-corrected chi connectivity index (χ2v) is 4.70. The number of hydrogen-bond donors (Lipinski definition) is 2. The molecule has 0 bridgehead atoms. The lowest BCUT2D eigenvalue weighted by atomic mass is 9.96. The van der Waals surface area contributed by atoms with Crippen molar-refractivity contribution in [2.75, 3.05) is 0 Å². The summed E-state index contributed by atoms with van der Waals surface area (Å²) in [4.78, 5) is 13.7. The number of halogens is 1. The maximum Gasteiger partial charge on any atom is 0.303 e. The summed E-state index contributed by atoms with van der Waals surface area (Å²) in [5.74, 6) is -0.548. The van der Waals surface area contributed by atoms with Gasteiger partial charge in [0.2, 0.25) is 0 Å². The van der Waals surface area contributed by atoms with Crippen molar-refractivity contribution in [3.8, 4) is 0 Å². The Kier molecular flexibility index (Phi) is 3.38. The molecule has 0 aliphatic rings. The van der Waals surface area contributed by atoms with Crippen LogP contribution >= 0.6 is 11.6 Å². The highest BCUT2D eigenvalue weighted by atomic mass is 35.5. The van der Waals surface area contributed by atoms with Gasteiger partial charge in [0.1, 0.15) is 0 Å². The number of aliphatic carboxylic acids is 1. The van der Waals surface area contributed by atoms with Crippen LogP contribution in [0.2, 0.25) is 5.02 Å². The minimum Gasteiger partial charge on any atom is -0.481 e. The van der Waals surface area contributed by atoms with E-state index < -0.39 is 5.97 Å². The number of benzene rings is 1. The number of fused-ring (bicyclic) bond motifs is 1. The van der Waals surface area contributed by atoms with Crippen LogP contribution in [0.4, 0.5) is 0 Å². The minimum atomic E-state index is -0.755. The monoisotopic (exact) mass is 251 g/mol. The van der Waals surface area contributed by atoms with Crippen LogP contribution < -0.4 is 0 Å². The van der Waals surface area contributed by atoms with Gasteiger partial charge in [-0.15, -0.1) is 0 Å². The lowest BCUT2D eigenvalue weighted by Gasteiger charge is -2.08. The lowest BCUT2D eigenvalue weighted by molar-refractivity contribution is -0.137. The van der Waals surface area contributed by atoms with Gasteiger partial charge >= 0.3 is 5.97 Å². The van der Waals surface area contributed by atoms with Crippen molar-refractivity contribution >= 4 is 28.5 Å². The molecule has 4 heteroatoms. The summed E-state index contributed by atoms with van der Waals surface area (Å²) in [6, 6.07) is 5.69. The quantitative estimate of drug-likeness (QED) is 0.869. The molecule has 0 aliphatic carbocycles. The van der Waals surface area contributed by atoms with Crippen molar-refractivity contribution in [3.05, 3.63) is 35.0 Å². The molecule has 1 heterocycles. The summed E-state index contributed by atoms with van der Waals surface area (Å²) in [7, 11) is 0. The zero-order chi connectivity index (χ0) is 12.4. The molecule has 2 N–H and O–H groups in total. The first-order valence-corrected chi connectivity index (χ1v) is 5.94. The molecule has 3 nitrogen and oxygen atoms in total. The van der Waals surface area contributed by atoms with E-state index >= 15 is 0 Å². The van der Waals surface area contributed by atoms with Gasteiger partial charge in [-0.05, 0) is 36.1 Å². The third-order valence-corrected chi connectivity index (χ3v) is 3.23. The molecule has 17 heavy (non-hydrogen) atoms. The number of carboxylic acid groups (broad SMARTS) is 1. The Hall–Kier alpha value is -1.48. The molecule has 2 rings (SSSR count). The molecule has 1 aromatic heterocycles. The SMILES string of the molecule is CC(CCC(=O)O)c1c[nH]c2ccc(Cl)cc12. The number of nitrogens with one attached hydrogen (secondary N) is 1. The molecule has 0 saturated carbocycles. The summed E-state index contributed by atoms with van der Waals surface area (Å²) < 4.78 is 0. The molecule has 0 fully saturated rings. The van der Waals surface area contributed by atoms with Gasteiger partial charge in [-0.25, -0.2) is 0 Å². The molecule has 2 aromatic rings. The summed E-state index contributed by atoms with van der Waals surface area (Å²) in [5, 5.41) is 10.5. The fraction of sp³-hybridized carbons (Fsp3) is 0.308. The van der Waals surface area contributed by atoms with Gasteiger partial charge < -0.3 is 10.1 Å². The van der Waals surface area contributed by atoms with Crippen molar-refractivity contribution in [1.82, 2.24) is 4.98 Å². The van der Waals surface area contributed by atoms with E-state index in [1.54, 1.807) is 0 Å². The van der Waals surface area contributed by atoms with Crippen molar-refractivity contribution < 1.29 is 9.90 Å². The molecule has 0 spiro atoms. The average molecular weight is 252 g/mol. The summed E-state index contributed by atoms with van der Waals surface area (Å²) in [5.41, 5.74) is 2.16. The number of aromatic nitrogens is 1. The van der Waals surface area contributed by atoms with Gasteiger partial charge in [-0.2, -0.15) is 0 Å². The minimum absolute atomic E-state index is 0.189. The molecule has 1 unspecified atom stereocenters. The van der Waals surface area contributed by atoms with E-state index in [4.69, 9.17) is 16.7 Å². The highest BCUT2D eigenvalue weighted by Crippen LogP contribution is 2.30. The first kappa shape index (κ1) is 12.0. The van der Waals surface area contributed by atoms with Crippen LogP contribution in [0, 0.1) is 0 Å². The first-order chi connectivity index (χ1) is 8.08. The van der Waals surface area contributed by atoms with Crippen LogP contribution in [-0.2, 0) is 4.79 Å². The average Bonchev–Trinajstić information content (AvgIpc) is 2.68. The van der Waals surface area contributed by atoms with Crippen LogP contribution in [0.1, 0.15) is 31.2 Å². The Morgan fingerprint density at radius 1 is 1.53 bits per heavy atom. The standard InChI is InChI=1S/C13H14ClNO2/c1-8(2-5-13(16)17)11-7-15-12-4-3-9(14)6-10(11)12/h3-4,6-8,15H,2,5H2,1H3,(H,16,17). The summed E-state index contributed by atoms with van der Waals surface area (Å²) >= 11 is 5.97. The van der Waals surface area contributed by atoms with E-state index in [2.05, 4.69) is 4.98 Å². The first-order valence-electron chi connectivity index (χ1n) is 5.56. The van der Waals surface area contributed by atoms with E-state index in [0.717, 1.165) is 16.5 Å². The Labute approximate surface area is 104 Å². The number of rotatable bonds is 4. The second kappa shape index (κ2) is 4.80. The third-order valence-electron chi connectivity index (χ3n) is 3.00. The Balaban J connectivity index is 2.28. The van der Waals surface area contributed by atoms with Gasteiger partial charge in [-0.3, -0.25) is 4.79 Å². The van der Waals surface area contributed by atoms with Gasteiger partial charge in [0.25, 0.3) is 0 Å². The predicted octanol–water partition coefficient (Wildman–Crippen LogP) is 3.79. The van der Waals surface area contributed by atoms with Crippen LogP contribution in [0.15, 0.2) is 24.4 Å². The van der Waals surface area contributed by atoms with Crippen LogP contribution in [-0.4, -0.2) is 16.1 Å². The highest BCUT2D eigenvalue weighted by molar-refractivity contribution is 6.31. The number of carboxylic acids is 1. The predicted molar refractivity (Wildman–Crippen MR) is 68.6 cm³/mol. The Bertz CT molecular complexity index is 547. The van der Waals surface area contributed by atoms with Gasteiger partial charge in [0, 0.05) is 28.5 Å². The number of hydrogen-bond acceptors (Lipinski definition) is 1. The number of carbonyl (C=O) groups is 1. The van der Waals surface area contributed by atoms with Crippen LogP contribution in [0.3, 0.4) is 0 Å². The van der Waals surface area contributed by atoms with Gasteiger partial charge in [0.15, 0.2) is 0 Å². The fourth-order valence-corrected chi connectivity index (χ4v) is 2.19. The van der Waals surface area contributed by atoms with Crippen molar-refractivity contribution in [3.63, 3.8) is 0 Å². The lowest BCUT2D eigenvalue weighted by Crippen LogP contribution is -1.99. The largest absolute Gasteiger partial charge is 0.481 e. The molecule has 0 saturated heterocycles. The van der Waals surface area contributed by atoms with Crippen molar-refractivity contribution in [2.45, 2.75) is 25.7 Å². The van der Waals surface area contributed by atoms with Crippen LogP contribution in [0.25, 0.3) is 10.9 Å². The Morgan fingerprint density at radius 3 is 3.00 bits per heavy atom. The van der Waals surface area contributed by atoms with E-state index in [-0.39, 0.29) is 12.3 Å². The molecular weight excluding hydrogens is 238 g/mol. The zero-order valence-electron chi connectivity index (χ0n) is 9.53. The molecule has 1 aromatic carbocycles. The summed E-state index contributed by atoms with van der Waals surface area (Å²) in [6.07, 6.45) is 2.76.